The number of nitrogens with one attached hydrogen (secondary N) is 2. The number of nitrogens with zero attached hydrogens (tertiary/aromatic N) is 1. The third kappa shape index (κ3) is 6.28. The molecular weight excluding hydrogens is 383 g/mol. The molecule has 2 N–H and O–H groups in total. The zero-order valence-electron chi connectivity index (χ0n) is 14.8. The second-order valence-corrected chi connectivity index (χ2v) is 7.34. The number of alkyl halides is 3. The minimum Gasteiger partial charge on any atom is -0.362 e. The Hall–Kier alpha value is -1.05. The summed E-state index contributed by atoms with van der Waals surface area (Å²) >= 11 is 10.8. The van der Waals surface area contributed by atoms with Gasteiger partial charge in [-0.2, -0.15) is 13.2 Å². The van der Waals surface area contributed by atoms with Gasteiger partial charge < -0.3 is 15.5 Å². The number of thiocarbonyl (C=S) groups is 1. The fourth-order valence-electron chi connectivity index (χ4n) is 3.30. The third-order valence-electron chi connectivity index (χ3n) is 4.66. The topological polar surface area (TPSA) is 27.3 Å². The molecule has 26 heavy (non-hydrogen) atoms. The lowest BCUT2D eigenvalue weighted by Gasteiger charge is -2.35. The van der Waals surface area contributed by atoms with Crippen molar-refractivity contribution in [3.05, 3.63) is 28.8 Å². The van der Waals surface area contributed by atoms with Crippen molar-refractivity contribution in [2.75, 3.05) is 25.0 Å². The SMILES string of the molecule is CCC1CCCCN1CCCNC(=S)Nc1ccc(Cl)c(C(F)(F)F)c1. The van der Waals surface area contributed by atoms with Gasteiger partial charge in [-0.05, 0) is 62.6 Å². The summed E-state index contributed by atoms with van der Waals surface area (Å²) in [5, 5.41) is 5.83. The molecule has 1 unspecified atom stereocenters. The summed E-state index contributed by atoms with van der Waals surface area (Å²) in [6, 6.07) is 4.33. The zero-order valence-corrected chi connectivity index (χ0v) is 16.4. The van der Waals surface area contributed by atoms with E-state index in [9.17, 15) is 13.2 Å². The Labute approximate surface area is 163 Å². The summed E-state index contributed by atoms with van der Waals surface area (Å²) < 4.78 is 38.7. The first-order valence-corrected chi connectivity index (χ1v) is 9.75. The highest BCUT2D eigenvalue weighted by Crippen LogP contribution is 2.36. The van der Waals surface area contributed by atoms with E-state index in [0.717, 1.165) is 25.6 Å². The third-order valence-corrected chi connectivity index (χ3v) is 5.23. The Morgan fingerprint density at radius 3 is 2.81 bits per heavy atom. The minimum absolute atomic E-state index is 0.265. The molecule has 2 rings (SSSR count). The maximum absolute atomic E-state index is 12.9. The summed E-state index contributed by atoms with van der Waals surface area (Å²) in [6.07, 6.45) is 1.44. The molecule has 0 amide bonds. The van der Waals surface area contributed by atoms with Crippen LogP contribution in [0.4, 0.5) is 18.9 Å². The van der Waals surface area contributed by atoms with Gasteiger partial charge in [0.2, 0.25) is 0 Å². The molecule has 1 aliphatic heterocycles. The predicted octanol–water partition coefficient (Wildman–Crippen LogP) is 5.30. The maximum atomic E-state index is 12.9. The van der Waals surface area contributed by atoms with Gasteiger partial charge in [0.15, 0.2) is 5.11 Å². The van der Waals surface area contributed by atoms with E-state index in [0.29, 0.717) is 17.7 Å². The van der Waals surface area contributed by atoms with Gasteiger partial charge in [-0.15, -0.1) is 0 Å². The highest BCUT2D eigenvalue weighted by Gasteiger charge is 2.33. The molecule has 1 aromatic rings. The number of hydrogen-bond acceptors (Lipinski definition) is 2. The number of likely N-dealkylation sites (tertiary alicyclic amines) is 1. The minimum atomic E-state index is -4.49. The highest BCUT2D eigenvalue weighted by molar-refractivity contribution is 7.80. The fourth-order valence-corrected chi connectivity index (χ4v) is 3.74. The number of anilines is 1. The molecule has 0 spiro atoms. The van der Waals surface area contributed by atoms with Crippen molar-refractivity contribution in [3.63, 3.8) is 0 Å². The van der Waals surface area contributed by atoms with Crippen molar-refractivity contribution < 1.29 is 13.2 Å². The molecule has 3 nitrogen and oxygen atoms in total. The molecule has 1 aliphatic rings. The monoisotopic (exact) mass is 407 g/mol. The Bertz CT molecular complexity index is 610. The molecule has 0 saturated carbocycles. The standard InChI is InChI=1S/C18H25ClF3N3S/c1-2-14-6-3-4-10-25(14)11-5-9-23-17(26)24-13-7-8-16(19)15(12-13)18(20,21)22/h7-8,12,14H,2-6,9-11H2,1H3,(H2,23,24,26). The van der Waals surface area contributed by atoms with Crippen LogP contribution in [0.1, 0.15) is 44.6 Å². The molecule has 1 saturated heterocycles. The van der Waals surface area contributed by atoms with E-state index in [1.165, 1.54) is 37.8 Å². The Balaban J connectivity index is 1.77. The van der Waals surface area contributed by atoms with Crippen LogP contribution in [-0.2, 0) is 6.18 Å². The smallest absolute Gasteiger partial charge is 0.362 e. The molecule has 1 atom stereocenters. The van der Waals surface area contributed by atoms with Gasteiger partial charge in [0, 0.05) is 24.8 Å². The van der Waals surface area contributed by atoms with E-state index < -0.39 is 11.7 Å². The first-order valence-electron chi connectivity index (χ1n) is 8.97. The largest absolute Gasteiger partial charge is 0.417 e. The number of benzene rings is 1. The van der Waals surface area contributed by atoms with Crippen molar-refractivity contribution in [1.29, 1.82) is 0 Å². The fraction of sp³-hybridized carbons (Fsp3) is 0.611. The van der Waals surface area contributed by atoms with E-state index in [4.69, 9.17) is 23.8 Å². The Morgan fingerprint density at radius 2 is 2.12 bits per heavy atom. The zero-order chi connectivity index (χ0) is 19.2. The summed E-state index contributed by atoms with van der Waals surface area (Å²) in [5.74, 6) is 0. The molecule has 146 valence electrons. The molecule has 1 heterocycles. The lowest BCUT2D eigenvalue weighted by atomic mass is 10.00. The van der Waals surface area contributed by atoms with Crippen LogP contribution in [0.2, 0.25) is 5.02 Å². The van der Waals surface area contributed by atoms with Crippen LogP contribution in [0.3, 0.4) is 0 Å². The van der Waals surface area contributed by atoms with Gasteiger partial charge >= 0.3 is 6.18 Å². The van der Waals surface area contributed by atoms with Crippen molar-refractivity contribution in [2.45, 2.75) is 51.2 Å². The van der Waals surface area contributed by atoms with Gasteiger partial charge in [0.25, 0.3) is 0 Å². The van der Waals surface area contributed by atoms with E-state index in [2.05, 4.69) is 22.5 Å². The lowest BCUT2D eigenvalue weighted by Crippen LogP contribution is -2.40. The number of rotatable bonds is 6. The first-order chi connectivity index (χ1) is 12.3. The van der Waals surface area contributed by atoms with E-state index >= 15 is 0 Å². The molecule has 1 fully saturated rings. The van der Waals surface area contributed by atoms with Crippen LogP contribution in [0.15, 0.2) is 18.2 Å². The molecule has 0 aromatic heterocycles. The molecule has 0 bridgehead atoms. The average Bonchev–Trinajstić information content (AvgIpc) is 2.59. The number of halogens is 4. The van der Waals surface area contributed by atoms with Gasteiger partial charge in [-0.25, -0.2) is 0 Å². The maximum Gasteiger partial charge on any atom is 0.417 e. The second kappa shape index (κ2) is 9.76. The molecule has 0 radical (unpaired) electrons. The lowest BCUT2D eigenvalue weighted by molar-refractivity contribution is -0.137. The van der Waals surface area contributed by atoms with Crippen LogP contribution in [0.5, 0.6) is 0 Å². The van der Waals surface area contributed by atoms with Crippen LogP contribution >= 0.6 is 23.8 Å². The van der Waals surface area contributed by atoms with Gasteiger partial charge in [0.05, 0.1) is 10.6 Å². The van der Waals surface area contributed by atoms with E-state index in [-0.39, 0.29) is 10.7 Å². The first kappa shape index (κ1) is 21.3. The summed E-state index contributed by atoms with van der Waals surface area (Å²) in [5.41, 5.74) is -0.607. The molecular formula is C18H25ClF3N3S. The van der Waals surface area contributed by atoms with Crippen LogP contribution < -0.4 is 10.6 Å². The van der Waals surface area contributed by atoms with Crippen LogP contribution in [0, 0.1) is 0 Å². The summed E-state index contributed by atoms with van der Waals surface area (Å²) in [7, 11) is 0. The summed E-state index contributed by atoms with van der Waals surface area (Å²) in [4.78, 5) is 2.52. The van der Waals surface area contributed by atoms with Gasteiger partial charge in [0.1, 0.15) is 0 Å². The number of piperidine rings is 1. The number of hydrogen-bond donors (Lipinski definition) is 2. The van der Waals surface area contributed by atoms with Crippen LogP contribution in [0.25, 0.3) is 0 Å². The van der Waals surface area contributed by atoms with Gasteiger partial charge in [-0.1, -0.05) is 24.9 Å². The van der Waals surface area contributed by atoms with Crippen molar-refractivity contribution in [3.8, 4) is 0 Å². The Morgan fingerprint density at radius 1 is 1.35 bits per heavy atom. The molecule has 0 aliphatic carbocycles. The Kier molecular flexibility index (Phi) is 7.98. The summed E-state index contributed by atoms with van der Waals surface area (Å²) in [6.45, 7) is 5.06. The van der Waals surface area contributed by atoms with Gasteiger partial charge in [-0.3, -0.25) is 0 Å². The highest BCUT2D eigenvalue weighted by atomic mass is 35.5. The quantitative estimate of drug-likeness (QED) is 0.494. The normalized spacial score (nSPS) is 18.6. The second-order valence-electron chi connectivity index (χ2n) is 6.52. The van der Waals surface area contributed by atoms with Crippen molar-refractivity contribution in [1.82, 2.24) is 10.2 Å². The molecule has 1 aromatic carbocycles. The van der Waals surface area contributed by atoms with Crippen molar-refractivity contribution >= 4 is 34.6 Å². The predicted molar refractivity (Wildman–Crippen MR) is 105 cm³/mol. The molecule has 8 heteroatoms. The average molecular weight is 408 g/mol. The van der Waals surface area contributed by atoms with Crippen molar-refractivity contribution in [2.24, 2.45) is 0 Å². The van der Waals surface area contributed by atoms with Crippen LogP contribution in [-0.4, -0.2) is 35.7 Å². The van der Waals surface area contributed by atoms with E-state index in [1.54, 1.807) is 0 Å². The van der Waals surface area contributed by atoms with E-state index in [1.807, 2.05) is 0 Å².